The van der Waals surface area contributed by atoms with Crippen molar-refractivity contribution in [1.82, 2.24) is 4.98 Å². The van der Waals surface area contributed by atoms with E-state index in [-0.39, 0.29) is 10.8 Å². The lowest BCUT2D eigenvalue weighted by molar-refractivity contribution is -0.142. The van der Waals surface area contributed by atoms with Gasteiger partial charge in [0.05, 0.1) is 16.3 Å². The highest BCUT2D eigenvalue weighted by atomic mass is 35.5. The fourth-order valence-electron chi connectivity index (χ4n) is 1.53. The molecule has 0 saturated heterocycles. The normalized spacial score (nSPS) is 10.7. The minimum atomic E-state index is -0.678. The van der Waals surface area contributed by atoms with Gasteiger partial charge in [-0.25, -0.2) is 9.78 Å². The van der Waals surface area contributed by atoms with Gasteiger partial charge < -0.3 is 14.5 Å². The van der Waals surface area contributed by atoms with Crippen LogP contribution in [0.3, 0.4) is 0 Å². The summed E-state index contributed by atoms with van der Waals surface area (Å²) < 4.78 is 9.81. The lowest BCUT2D eigenvalue weighted by Gasteiger charge is -2.08. The third-order valence-electron chi connectivity index (χ3n) is 2.73. The van der Waals surface area contributed by atoms with Crippen LogP contribution in [-0.4, -0.2) is 23.5 Å². The minimum absolute atomic E-state index is 0.153. The molecule has 8 heteroatoms. The smallest absolute Gasteiger partial charge is 0.331 e. The van der Waals surface area contributed by atoms with E-state index in [0.717, 1.165) is 6.08 Å². The van der Waals surface area contributed by atoms with Crippen molar-refractivity contribution >= 4 is 47.0 Å². The summed E-state index contributed by atoms with van der Waals surface area (Å²) in [6, 6.07) is 3.36. The molecule has 0 fully saturated rings. The Morgan fingerprint density at radius 1 is 1.43 bits per heavy atom. The predicted molar refractivity (Wildman–Crippen MR) is 86.3 cm³/mol. The molecular weight excluding hydrogens is 343 g/mol. The number of rotatable bonds is 5. The fourth-order valence-corrected chi connectivity index (χ4v) is 1.92. The molecule has 0 bridgehead atoms. The number of halogens is 2. The lowest BCUT2D eigenvalue weighted by atomic mass is 10.3. The van der Waals surface area contributed by atoms with E-state index in [2.05, 4.69) is 10.3 Å². The summed E-state index contributed by atoms with van der Waals surface area (Å²) in [7, 11) is 0. The molecule has 2 heterocycles. The Morgan fingerprint density at radius 2 is 2.22 bits per heavy atom. The summed E-state index contributed by atoms with van der Waals surface area (Å²) in [5.41, 5.74) is 0.594. The van der Waals surface area contributed by atoms with Crippen LogP contribution in [0, 0.1) is 6.92 Å². The molecule has 1 N–H and O–H groups in total. The molecule has 2 aromatic rings. The van der Waals surface area contributed by atoms with Gasteiger partial charge in [0.1, 0.15) is 5.76 Å². The van der Waals surface area contributed by atoms with Crippen molar-refractivity contribution in [2.24, 2.45) is 0 Å². The van der Waals surface area contributed by atoms with Crippen molar-refractivity contribution in [3.8, 4) is 0 Å². The Labute approximate surface area is 142 Å². The number of furan rings is 1. The Hall–Kier alpha value is -2.31. The summed E-state index contributed by atoms with van der Waals surface area (Å²) in [6.45, 7) is 1.22. The van der Waals surface area contributed by atoms with Crippen LogP contribution < -0.4 is 5.32 Å². The molecule has 2 aromatic heterocycles. The van der Waals surface area contributed by atoms with Crippen molar-refractivity contribution < 1.29 is 18.7 Å². The maximum Gasteiger partial charge on any atom is 0.331 e. The van der Waals surface area contributed by atoms with E-state index < -0.39 is 18.5 Å². The summed E-state index contributed by atoms with van der Waals surface area (Å²) in [5.74, 6) is -0.594. The molecule has 0 radical (unpaired) electrons. The van der Waals surface area contributed by atoms with Gasteiger partial charge in [-0.1, -0.05) is 23.2 Å². The molecule has 0 aliphatic heterocycles. The number of anilines is 1. The second-order valence-corrected chi connectivity index (χ2v) is 5.18. The summed E-state index contributed by atoms with van der Waals surface area (Å²) in [5, 5.41) is 3.07. The number of hydrogen-bond acceptors (Lipinski definition) is 5. The van der Waals surface area contributed by atoms with Crippen LogP contribution in [0.4, 0.5) is 5.82 Å². The first-order valence-corrected chi connectivity index (χ1v) is 7.21. The van der Waals surface area contributed by atoms with Gasteiger partial charge in [-0.2, -0.15) is 0 Å². The molecule has 6 nitrogen and oxygen atoms in total. The zero-order valence-electron chi connectivity index (χ0n) is 12.0. The van der Waals surface area contributed by atoms with E-state index in [1.54, 1.807) is 19.1 Å². The molecule has 23 heavy (non-hydrogen) atoms. The largest absolute Gasteiger partial charge is 0.465 e. The molecule has 0 unspecified atom stereocenters. The number of carbonyl (C=O) groups excluding carboxylic acids is 2. The molecule has 1 amide bonds. The molecule has 120 valence electrons. The maximum absolute atomic E-state index is 11.7. The van der Waals surface area contributed by atoms with Gasteiger partial charge in [0.15, 0.2) is 12.4 Å². The topological polar surface area (TPSA) is 81.4 Å². The van der Waals surface area contributed by atoms with Gasteiger partial charge in [0, 0.05) is 12.3 Å². The molecular formula is C15H12Cl2N2O4. The first kappa shape index (κ1) is 17.1. The van der Waals surface area contributed by atoms with Crippen LogP contribution in [0.5, 0.6) is 0 Å². The SMILES string of the molecule is Cc1c(Cl)cnc(NC(=O)COC(=O)/C=C/c2ccco2)c1Cl. The Morgan fingerprint density at radius 3 is 2.91 bits per heavy atom. The number of carbonyl (C=O) groups is 2. The minimum Gasteiger partial charge on any atom is -0.465 e. The number of amides is 1. The number of ether oxygens (including phenoxy) is 1. The van der Waals surface area contributed by atoms with Gasteiger partial charge in [0.2, 0.25) is 0 Å². The van der Waals surface area contributed by atoms with E-state index >= 15 is 0 Å². The highest BCUT2D eigenvalue weighted by Crippen LogP contribution is 2.28. The molecule has 0 atom stereocenters. The fraction of sp³-hybridized carbons (Fsp3) is 0.133. The number of aromatic nitrogens is 1. The van der Waals surface area contributed by atoms with Crippen molar-refractivity contribution in [3.63, 3.8) is 0 Å². The first-order chi connectivity index (χ1) is 11.0. The van der Waals surface area contributed by atoms with Crippen molar-refractivity contribution in [2.45, 2.75) is 6.92 Å². The van der Waals surface area contributed by atoms with Crippen LogP contribution in [0.25, 0.3) is 6.08 Å². The molecule has 0 aliphatic carbocycles. The van der Waals surface area contributed by atoms with Crippen molar-refractivity contribution in [2.75, 3.05) is 11.9 Å². The number of nitrogens with one attached hydrogen (secondary N) is 1. The number of nitrogens with zero attached hydrogens (tertiary/aromatic N) is 1. The van der Waals surface area contributed by atoms with Crippen LogP contribution in [-0.2, 0) is 14.3 Å². The average molecular weight is 355 g/mol. The monoisotopic (exact) mass is 354 g/mol. The number of hydrogen-bond donors (Lipinski definition) is 1. The van der Waals surface area contributed by atoms with Crippen molar-refractivity contribution in [3.05, 3.63) is 52.0 Å². The molecule has 0 aromatic carbocycles. The van der Waals surface area contributed by atoms with Gasteiger partial charge in [-0.15, -0.1) is 0 Å². The lowest BCUT2D eigenvalue weighted by Crippen LogP contribution is -2.21. The zero-order valence-corrected chi connectivity index (χ0v) is 13.5. The third-order valence-corrected chi connectivity index (χ3v) is 3.58. The second kappa shape index (κ2) is 7.80. The van der Waals surface area contributed by atoms with Crippen LogP contribution in [0.1, 0.15) is 11.3 Å². The van der Waals surface area contributed by atoms with E-state index in [1.165, 1.54) is 18.5 Å². The summed E-state index contributed by atoms with van der Waals surface area (Å²) >= 11 is 11.9. The van der Waals surface area contributed by atoms with Crippen LogP contribution in [0.15, 0.2) is 35.1 Å². The Bertz CT molecular complexity index is 742. The van der Waals surface area contributed by atoms with Gasteiger partial charge >= 0.3 is 5.97 Å². The first-order valence-electron chi connectivity index (χ1n) is 6.46. The molecule has 0 saturated carbocycles. The maximum atomic E-state index is 11.7. The van der Waals surface area contributed by atoms with E-state index in [0.29, 0.717) is 16.3 Å². The standard InChI is InChI=1S/C15H12Cl2N2O4/c1-9-11(16)7-18-15(14(9)17)19-12(20)8-23-13(21)5-4-10-3-2-6-22-10/h2-7H,8H2,1H3,(H,18,19,20)/b5-4+. The second-order valence-electron chi connectivity index (χ2n) is 4.40. The number of pyridine rings is 1. The highest BCUT2D eigenvalue weighted by molar-refractivity contribution is 6.37. The highest BCUT2D eigenvalue weighted by Gasteiger charge is 2.12. The number of esters is 1. The van der Waals surface area contributed by atoms with Crippen LogP contribution in [0.2, 0.25) is 10.0 Å². The van der Waals surface area contributed by atoms with Gasteiger partial charge in [-0.3, -0.25) is 4.79 Å². The third kappa shape index (κ3) is 4.84. The molecule has 2 rings (SSSR count). The summed E-state index contributed by atoms with van der Waals surface area (Å²) in [4.78, 5) is 27.1. The van der Waals surface area contributed by atoms with Gasteiger partial charge in [0.25, 0.3) is 5.91 Å². The summed E-state index contributed by atoms with van der Waals surface area (Å²) in [6.07, 6.45) is 5.44. The van der Waals surface area contributed by atoms with E-state index in [4.69, 9.17) is 32.4 Å². The Kier molecular flexibility index (Phi) is 5.78. The van der Waals surface area contributed by atoms with Crippen LogP contribution >= 0.6 is 23.2 Å². The van der Waals surface area contributed by atoms with Gasteiger partial charge in [-0.05, 0) is 30.7 Å². The Balaban J connectivity index is 1.86. The molecule has 0 aliphatic rings. The predicted octanol–water partition coefficient (Wildman–Crippen LogP) is 3.48. The zero-order chi connectivity index (χ0) is 16.8. The van der Waals surface area contributed by atoms with E-state index in [9.17, 15) is 9.59 Å². The average Bonchev–Trinajstić information content (AvgIpc) is 3.05. The van der Waals surface area contributed by atoms with Crippen molar-refractivity contribution in [1.29, 1.82) is 0 Å². The quantitative estimate of drug-likeness (QED) is 0.656. The van der Waals surface area contributed by atoms with E-state index in [1.807, 2.05) is 0 Å². The molecule has 0 spiro atoms.